The molecule has 0 aliphatic rings. The molecule has 1 nitrogen and oxygen atoms in total. The van der Waals surface area contributed by atoms with Crippen LogP contribution < -0.4 is 0 Å². The highest BCUT2D eigenvalue weighted by atomic mass is 14.7. The highest BCUT2D eigenvalue weighted by Gasteiger charge is 2.23. The Labute approximate surface area is 106 Å². The Bertz CT molecular complexity index is 462. The van der Waals surface area contributed by atoms with Crippen molar-refractivity contribution >= 4 is 5.69 Å². The summed E-state index contributed by atoms with van der Waals surface area (Å²) in [5, 5.41) is 0. The molecule has 1 aromatic rings. The zero-order chi connectivity index (χ0) is 13.4. The maximum Gasteiger partial charge on any atom is 0.193 e. The zero-order valence-corrected chi connectivity index (χ0v) is 12.1. The third-order valence-corrected chi connectivity index (χ3v) is 3.09. The first kappa shape index (κ1) is 13.8. The van der Waals surface area contributed by atoms with Gasteiger partial charge in [0.2, 0.25) is 0 Å². The van der Waals surface area contributed by atoms with Gasteiger partial charge in [0.15, 0.2) is 5.69 Å². The molecule has 0 fully saturated rings. The van der Waals surface area contributed by atoms with Crippen molar-refractivity contribution in [2.24, 2.45) is 0 Å². The minimum absolute atomic E-state index is 0.0197. The van der Waals surface area contributed by atoms with Gasteiger partial charge in [-0.2, -0.15) is 0 Å². The molecule has 0 aliphatic carbocycles. The monoisotopic (exact) mass is 229 g/mol. The number of aryl methyl sites for hydroxylation is 1. The van der Waals surface area contributed by atoms with Crippen molar-refractivity contribution in [3.63, 3.8) is 0 Å². The Morgan fingerprint density at radius 2 is 1.47 bits per heavy atom. The van der Waals surface area contributed by atoms with E-state index in [1.807, 2.05) is 6.92 Å². The van der Waals surface area contributed by atoms with Crippen LogP contribution in [0.2, 0.25) is 0 Å². The van der Waals surface area contributed by atoms with Gasteiger partial charge >= 0.3 is 0 Å². The van der Waals surface area contributed by atoms with E-state index in [0.29, 0.717) is 0 Å². The molecule has 92 valence electrons. The molecule has 0 unspecified atom stereocenters. The minimum atomic E-state index is 0.0197. The van der Waals surface area contributed by atoms with Crippen LogP contribution >= 0.6 is 0 Å². The summed E-state index contributed by atoms with van der Waals surface area (Å²) in [6, 6.07) is 4.36. The lowest BCUT2D eigenvalue weighted by Gasteiger charge is -2.27. The van der Waals surface area contributed by atoms with Crippen LogP contribution in [0.25, 0.3) is 4.85 Å². The maximum atomic E-state index is 7.36. The fourth-order valence-corrected chi connectivity index (χ4v) is 1.93. The fourth-order valence-electron chi connectivity index (χ4n) is 1.93. The Balaban J connectivity index is 3.58. The average Bonchev–Trinajstić information content (AvgIpc) is 2.13. The molecule has 0 N–H and O–H groups in total. The van der Waals surface area contributed by atoms with E-state index in [0.717, 1.165) is 16.8 Å². The van der Waals surface area contributed by atoms with Crippen LogP contribution in [-0.2, 0) is 10.8 Å². The summed E-state index contributed by atoms with van der Waals surface area (Å²) >= 11 is 0. The molecule has 0 saturated carbocycles. The van der Waals surface area contributed by atoms with Crippen LogP contribution in [-0.4, -0.2) is 0 Å². The lowest BCUT2D eigenvalue weighted by atomic mass is 9.78. The summed E-state index contributed by atoms with van der Waals surface area (Å²) in [5.74, 6) is 0. The largest absolute Gasteiger partial charge is 0.238 e. The van der Waals surface area contributed by atoms with Gasteiger partial charge < -0.3 is 0 Å². The van der Waals surface area contributed by atoms with Gasteiger partial charge in [0, 0.05) is 0 Å². The van der Waals surface area contributed by atoms with Crippen LogP contribution in [0.15, 0.2) is 12.1 Å². The van der Waals surface area contributed by atoms with Crippen molar-refractivity contribution in [2.75, 3.05) is 0 Å². The van der Waals surface area contributed by atoms with Gasteiger partial charge in [-0.15, -0.1) is 0 Å². The van der Waals surface area contributed by atoms with E-state index in [1.165, 1.54) is 5.56 Å². The van der Waals surface area contributed by atoms with Gasteiger partial charge in [-0.3, -0.25) is 0 Å². The molecule has 0 atom stereocenters. The quantitative estimate of drug-likeness (QED) is 0.542. The SMILES string of the molecule is [C-]#[N+]c1c(C)cc(C(C)(C)C)cc1C(C)(C)C. The van der Waals surface area contributed by atoms with E-state index >= 15 is 0 Å². The Morgan fingerprint density at radius 3 is 1.82 bits per heavy atom. The number of nitrogens with zero attached hydrogens (tertiary/aromatic N) is 1. The molecule has 0 saturated heterocycles. The summed E-state index contributed by atoms with van der Waals surface area (Å²) in [7, 11) is 0. The smallest absolute Gasteiger partial charge is 0.193 e. The molecule has 1 aromatic carbocycles. The van der Waals surface area contributed by atoms with Gasteiger partial charge in [0.05, 0.1) is 6.57 Å². The first-order valence-corrected chi connectivity index (χ1v) is 6.10. The molecule has 0 spiro atoms. The summed E-state index contributed by atoms with van der Waals surface area (Å²) in [6.07, 6.45) is 0. The first-order chi connectivity index (χ1) is 7.57. The molecule has 17 heavy (non-hydrogen) atoms. The summed E-state index contributed by atoms with van der Waals surface area (Å²) < 4.78 is 0. The van der Waals surface area contributed by atoms with E-state index in [-0.39, 0.29) is 10.8 Å². The van der Waals surface area contributed by atoms with E-state index in [1.54, 1.807) is 0 Å². The van der Waals surface area contributed by atoms with Crippen molar-refractivity contribution in [3.8, 4) is 0 Å². The fraction of sp³-hybridized carbons (Fsp3) is 0.562. The number of rotatable bonds is 0. The van der Waals surface area contributed by atoms with Crippen LogP contribution in [0.5, 0.6) is 0 Å². The Hall–Kier alpha value is -1.29. The van der Waals surface area contributed by atoms with Crippen LogP contribution in [0.1, 0.15) is 58.2 Å². The molecule has 0 bridgehead atoms. The van der Waals surface area contributed by atoms with Crippen molar-refractivity contribution < 1.29 is 0 Å². The van der Waals surface area contributed by atoms with E-state index in [2.05, 4.69) is 58.5 Å². The second kappa shape index (κ2) is 4.18. The molecule has 0 aliphatic heterocycles. The Morgan fingerprint density at radius 1 is 0.941 bits per heavy atom. The lowest BCUT2D eigenvalue weighted by Crippen LogP contribution is -2.16. The standard InChI is InChI=1S/C16H23N/c1-11-9-12(15(2,3)4)10-13(14(11)17-8)16(5,6)7/h9-10H,1-7H3. The van der Waals surface area contributed by atoms with Crippen molar-refractivity contribution in [3.05, 3.63) is 40.2 Å². The molecular weight excluding hydrogens is 206 g/mol. The summed E-state index contributed by atoms with van der Waals surface area (Å²) in [5.41, 5.74) is 4.55. The highest BCUT2D eigenvalue weighted by Crippen LogP contribution is 2.38. The van der Waals surface area contributed by atoms with E-state index in [9.17, 15) is 0 Å². The number of benzene rings is 1. The number of hydrogen-bond donors (Lipinski definition) is 0. The molecule has 1 heteroatoms. The molecule has 0 heterocycles. The van der Waals surface area contributed by atoms with Crippen molar-refractivity contribution in [2.45, 2.75) is 59.3 Å². The maximum absolute atomic E-state index is 7.36. The van der Waals surface area contributed by atoms with Gasteiger partial charge in [0.1, 0.15) is 0 Å². The van der Waals surface area contributed by atoms with Gasteiger partial charge in [-0.1, -0.05) is 53.7 Å². The predicted molar refractivity (Wildman–Crippen MR) is 74.8 cm³/mol. The normalized spacial score (nSPS) is 12.4. The molecule has 0 radical (unpaired) electrons. The van der Waals surface area contributed by atoms with Crippen molar-refractivity contribution in [1.29, 1.82) is 0 Å². The molecular formula is C16H23N. The molecule has 0 aromatic heterocycles. The van der Waals surface area contributed by atoms with Gasteiger partial charge in [-0.25, -0.2) is 4.85 Å². The first-order valence-electron chi connectivity index (χ1n) is 6.10. The second-order valence-electron chi connectivity index (χ2n) is 6.80. The third-order valence-electron chi connectivity index (χ3n) is 3.09. The molecule has 1 rings (SSSR count). The summed E-state index contributed by atoms with van der Waals surface area (Å²) in [6.45, 7) is 22.5. The van der Waals surface area contributed by atoms with Gasteiger partial charge in [0.25, 0.3) is 0 Å². The zero-order valence-electron chi connectivity index (χ0n) is 12.1. The minimum Gasteiger partial charge on any atom is -0.238 e. The topological polar surface area (TPSA) is 4.36 Å². The Kier molecular flexibility index (Phi) is 3.39. The highest BCUT2D eigenvalue weighted by molar-refractivity contribution is 5.62. The lowest BCUT2D eigenvalue weighted by molar-refractivity contribution is 0.569. The van der Waals surface area contributed by atoms with Crippen LogP contribution in [0.3, 0.4) is 0 Å². The average molecular weight is 229 g/mol. The van der Waals surface area contributed by atoms with Gasteiger partial charge in [-0.05, 0) is 34.4 Å². The van der Waals surface area contributed by atoms with Crippen LogP contribution in [0, 0.1) is 13.5 Å². The summed E-state index contributed by atoms with van der Waals surface area (Å²) in [4.78, 5) is 3.71. The third kappa shape index (κ3) is 2.88. The van der Waals surface area contributed by atoms with Crippen LogP contribution in [0.4, 0.5) is 5.69 Å². The second-order valence-corrected chi connectivity index (χ2v) is 6.80. The molecule has 0 amide bonds. The van der Waals surface area contributed by atoms with E-state index < -0.39 is 0 Å². The van der Waals surface area contributed by atoms with E-state index in [4.69, 9.17) is 6.57 Å². The predicted octanol–water partition coefficient (Wildman–Crippen LogP) is 5.14. The number of hydrogen-bond acceptors (Lipinski definition) is 0. The van der Waals surface area contributed by atoms with Crippen molar-refractivity contribution in [1.82, 2.24) is 0 Å².